The molecule has 0 aliphatic carbocycles. The van der Waals surface area contributed by atoms with Crippen LogP contribution in [-0.4, -0.2) is 37.3 Å². The fourth-order valence-corrected chi connectivity index (χ4v) is 2.90. The van der Waals surface area contributed by atoms with Crippen LogP contribution in [-0.2, 0) is 4.79 Å². The van der Waals surface area contributed by atoms with Gasteiger partial charge in [-0.05, 0) is 25.0 Å². The largest absolute Gasteiger partial charge is 0.353 e. The Labute approximate surface area is 132 Å². The Balaban J connectivity index is 1.76. The van der Waals surface area contributed by atoms with Gasteiger partial charge in [-0.15, -0.1) is 5.10 Å². The summed E-state index contributed by atoms with van der Waals surface area (Å²) in [6.07, 6.45) is 0. The average molecular weight is 317 g/mol. The predicted molar refractivity (Wildman–Crippen MR) is 88.0 cm³/mol. The minimum Gasteiger partial charge on any atom is -0.353 e. The van der Waals surface area contributed by atoms with Crippen molar-refractivity contribution < 1.29 is 4.79 Å². The third-order valence-electron chi connectivity index (χ3n) is 3.72. The molecule has 0 unspecified atom stereocenters. The summed E-state index contributed by atoms with van der Waals surface area (Å²) in [5.74, 6) is 1.47. The number of aromatic amines is 1. The summed E-state index contributed by atoms with van der Waals surface area (Å²) in [6.45, 7) is 6.20. The highest BCUT2D eigenvalue weighted by Gasteiger charge is 2.15. The lowest BCUT2D eigenvalue weighted by Crippen LogP contribution is -2.37. The summed E-state index contributed by atoms with van der Waals surface area (Å²) >= 11 is 1.41. The number of nitrogens with zero attached hydrogens (tertiary/aromatic N) is 3. The maximum absolute atomic E-state index is 12.0. The number of para-hydroxylation sites is 2. The van der Waals surface area contributed by atoms with Gasteiger partial charge in [0.15, 0.2) is 5.16 Å². The van der Waals surface area contributed by atoms with Crippen LogP contribution in [0.4, 0.5) is 0 Å². The van der Waals surface area contributed by atoms with Gasteiger partial charge in [0.05, 0.1) is 16.8 Å². The number of nitrogens with one attached hydrogen (secondary N) is 2. The van der Waals surface area contributed by atoms with E-state index in [1.807, 2.05) is 35.6 Å². The maximum Gasteiger partial charge on any atom is 0.231 e. The molecule has 22 heavy (non-hydrogen) atoms. The summed E-state index contributed by atoms with van der Waals surface area (Å²) in [5.41, 5.74) is 1.90. The van der Waals surface area contributed by atoms with Crippen molar-refractivity contribution in [1.82, 2.24) is 24.9 Å². The van der Waals surface area contributed by atoms with E-state index in [1.165, 1.54) is 11.8 Å². The number of fused-ring (bicyclic) bond motifs is 3. The van der Waals surface area contributed by atoms with E-state index in [0.717, 1.165) is 16.2 Å². The minimum absolute atomic E-state index is 0.0202. The number of hydrogen-bond donors (Lipinski definition) is 2. The van der Waals surface area contributed by atoms with E-state index in [0.29, 0.717) is 17.4 Å². The Morgan fingerprint density at radius 2 is 2.14 bits per heavy atom. The Morgan fingerprint density at radius 1 is 1.36 bits per heavy atom. The van der Waals surface area contributed by atoms with Gasteiger partial charge in [-0.25, -0.2) is 10.1 Å². The van der Waals surface area contributed by atoms with Gasteiger partial charge in [0.25, 0.3) is 0 Å². The zero-order valence-electron chi connectivity index (χ0n) is 12.8. The van der Waals surface area contributed by atoms with Gasteiger partial charge in [-0.2, -0.15) is 0 Å². The second-order valence-electron chi connectivity index (χ2n) is 5.65. The zero-order chi connectivity index (χ0) is 15.7. The smallest absolute Gasteiger partial charge is 0.231 e. The first kappa shape index (κ1) is 14.9. The number of H-pyrrole nitrogens is 1. The summed E-state index contributed by atoms with van der Waals surface area (Å²) < 4.78 is 1.94. The van der Waals surface area contributed by atoms with Crippen LogP contribution in [0.1, 0.15) is 20.8 Å². The molecule has 0 saturated heterocycles. The van der Waals surface area contributed by atoms with E-state index >= 15 is 0 Å². The molecule has 7 heteroatoms. The van der Waals surface area contributed by atoms with Crippen LogP contribution in [0.15, 0.2) is 29.4 Å². The van der Waals surface area contributed by atoms with Crippen LogP contribution in [0, 0.1) is 5.92 Å². The van der Waals surface area contributed by atoms with E-state index in [4.69, 9.17) is 0 Å². The highest BCUT2D eigenvalue weighted by molar-refractivity contribution is 7.99. The summed E-state index contributed by atoms with van der Waals surface area (Å²) in [6, 6.07) is 8.05. The number of thioether (sulfide) groups is 1. The number of hydrogen-bond acceptors (Lipinski definition) is 4. The van der Waals surface area contributed by atoms with Crippen molar-refractivity contribution in [2.75, 3.05) is 5.75 Å². The number of rotatable bonds is 5. The van der Waals surface area contributed by atoms with Crippen LogP contribution < -0.4 is 5.32 Å². The molecular formula is C15H19N5OS. The van der Waals surface area contributed by atoms with Gasteiger partial charge in [0.1, 0.15) is 0 Å². The number of carbonyl (C=O) groups is 1. The SMILES string of the molecule is CC(C)[C@@H](C)NC(=O)CSc1n[nH]c2nc3ccccc3n12. The monoisotopic (exact) mass is 317 g/mol. The lowest BCUT2D eigenvalue weighted by atomic mass is 10.1. The quantitative estimate of drug-likeness (QED) is 0.709. The highest BCUT2D eigenvalue weighted by atomic mass is 32.2. The Morgan fingerprint density at radius 3 is 2.91 bits per heavy atom. The number of amides is 1. The standard InChI is InChI=1S/C15H19N5OS/c1-9(2)10(3)16-13(21)8-22-15-19-18-14-17-11-6-4-5-7-12(11)20(14)15/h4-7,9-10H,8H2,1-3H3,(H,16,21)(H,17,18)/t10-/m1/s1. The van der Waals surface area contributed by atoms with Crippen molar-refractivity contribution >= 4 is 34.5 Å². The van der Waals surface area contributed by atoms with Gasteiger partial charge in [-0.1, -0.05) is 37.7 Å². The molecule has 1 amide bonds. The van der Waals surface area contributed by atoms with Crippen LogP contribution >= 0.6 is 11.8 Å². The van der Waals surface area contributed by atoms with Crippen LogP contribution in [0.3, 0.4) is 0 Å². The molecule has 3 aromatic rings. The van der Waals surface area contributed by atoms with E-state index in [2.05, 4.69) is 34.3 Å². The van der Waals surface area contributed by atoms with Gasteiger partial charge in [0.2, 0.25) is 11.7 Å². The van der Waals surface area contributed by atoms with Crippen molar-refractivity contribution in [3.8, 4) is 0 Å². The lowest BCUT2D eigenvalue weighted by molar-refractivity contribution is -0.119. The maximum atomic E-state index is 12.0. The van der Waals surface area contributed by atoms with Crippen molar-refractivity contribution in [2.45, 2.75) is 32.0 Å². The third kappa shape index (κ3) is 2.81. The molecule has 1 atom stereocenters. The minimum atomic E-state index is 0.0202. The molecule has 0 aliphatic rings. The summed E-state index contributed by atoms with van der Waals surface area (Å²) in [5, 5.41) is 10.9. The van der Waals surface area contributed by atoms with Crippen LogP contribution in [0.5, 0.6) is 0 Å². The van der Waals surface area contributed by atoms with Crippen molar-refractivity contribution in [3.05, 3.63) is 24.3 Å². The molecule has 3 rings (SSSR count). The molecule has 0 saturated carbocycles. The highest BCUT2D eigenvalue weighted by Crippen LogP contribution is 2.22. The van der Waals surface area contributed by atoms with Gasteiger partial charge in [-0.3, -0.25) is 9.20 Å². The lowest BCUT2D eigenvalue weighted by Gasteiger charge is -2.16. The number of aromatic nitrogens is 4. The first-order valence-electron chi connectivity index (χ1n) is 7.30. The number of benzene rings is 1. The number of carbonyl (C=O) groups excluding carboxylic acids is 1. The Bertz CT molecular complexity index is 807. The van der Waals surface area contributed by atoms with Gasteiger partial charge >= 0.3 is 0 Å². The molecule has 0 bridgehead atoms. The first-order valence-corrected chi connectivity index (χ1v) is 8.28. The van der Waals surface area contributed by atoms with E-state index in [9.17, 15) is 4.79 Å². The van der Waals surface area contributed by atoms with E-state index in [1.54, 1.807) is 0 Å². The molecular weight excluding hydrogens is 298 g/mol. The van der Waals surface area contributed by atoms with Crippen molar-refractivity contribution in [1.29, 1.82) is 0 Å². The second-order valence-corrected chi connectivity index (χ2v) is 6.60. The molecule has 6 nitrogen and oxygen atoms in total. The fraction of sp³-hybridized carbons (Fsp3) is 0.400. The molecule has 0 radical (unpaired) electrons. The third-order valence-corrected chi connectivity index (χ3v) is 4.66. The average Bonchev–Trinajstić information content (AvgIpc) is 3.04. The normalized spacial score (nSPS) is 13.1. The Kier molecular flexibility index (Phi) is 4.06. The predicted octanol–water partition coefficient (Wildman–Crippen LogP) is 2.46. The molecule has 2 aromatic heterocycles. The molecule has 2 N–H and O–H groups in total. The Hall–Kier alpha value is -2.02. The second kappa shape index (κ2) is 6.00. The van der Waals surface area contributed by atoms with E-state index < -0.39 is 0 Å². The molecule has 116 valence electrons. The molecule has 0 aliphatic heterocycles. The zero-order valence-corrected chi connectivity index (χ0v) is 13.6. The summed E-state index contributed by atoms with van der Waals surface area (Å²) in [7, 11) is 0. The molecule has 0 spiro atoms. The summed E-state index contributed by atoms with van der Waals surface area (Å²) in [4.78, 5) is 16.5. The molecule has 0 fully saturated rings. The van der Waals surface area contributed by atoms with Crippen LogP contribution in [0.2, 0.25) is 0 Å². The van der Waals surface area contributed by atoms with Gasteiger partial charge in [0, 0.05) is 6.04 Å². The molecule has 2 heterocycles. The van der Waals surface area contributed by atoms with E-state index in [-0.39, 0.29) is 11.9 Å². The van der Waals surface area contributed by atoms with Gasteiger partial charge < -0.3 is 5.32 Å². The topological polar surface area (TPSA) is 75.1 Å². The number of imidazole rings is 1. The fourth-order valence-electron chi connectivity index (χ4n) is 2.13. The first-order chi connectivity index (χ1) is 10.6. The van der Waals surface area contributed by atoms with Crippen molar-refractivity contribution in [2.24, 2.45) is 5.92 Å². The van der Waals surface area contributed by atoms with Crippen LogP contribution in [0.25, 0.3) is 16.8 Å². The molecule has 1 aromatic carbocycles. The van der Waals surface area contributed by atoms with Crippen molar-refractivity contribution in [3.63, 3.8) is 0 Å².